The largest absolute Gasteiger partial charge is 0.466 e. The van der Waals surface area contributed by atoms with E-state index in [1.807, 2.05) is 6.08 Å². The molecule has 2 unspecified atom stereocenters. The molecule has 0 aliphatic carbocycles. The van der Waals surface area contributed by atoms with Crippen LogP contribution in [0.2, 0.25) is 0 Å². The minimum Gasteiger partial charge on any atom is -0.466 e. The zero-order valence-electron chi connectivity index (χ0n) is 55.0. The lowest BCUT2D eigenvalue weighted by molar-refractivity contribution is -0.143. The maximum absolute atomic E-state index is 12.5. The number of amides is 1. The van der Waals surface area contributed by atoms with Crippen LogP contribution >= 0.6 is 0 Å². The number of allylic oxidation sites excluding steroid dienone is 3. The molecule has 0 fully saturated rings. The average molecular weight is 1140 g/mol. The summed E-state index contributed by atoms with van der Waals surface area (Å²) in [4.78, 5) is 24.7. The molecular weight excluding hydrogens is 995 g/mol. The first-order valence-electron chi connectivity index (χ1n) is 37.1. The summed E-state index contributed by atoms with van der Waals surface area (Å²) in [6.45, 7) is 4.95. The first kappa shape index (κ1) is 79.3. The van der Waals surface area contributed by atoms with Crippen molar-refractivity contribution in [3.63, 3.8) is 0 Å². The Morgan fingerprint density at radius 3 is 0.877 bits per heavy atom. The van der Waals surface area contributed by atoms with Gasteiger partial charge in [-0.05, 0) is 57.8 Å². The molecule has 6 heteroatoms. The second kappa shape index (κ2) is 70.8. The fraction of sp³-hybridized carbons (Fsp3) is 0.920. The van der Waals surface area contributed by atoms with Crippen LogP contribution in [0.5, 0.6) is 0 Å². The predicted octanol–water partition coefficient (Wildman–Crippen LogP) is 24.1. The number of carbonyl (C=O) groups excluding carboxylic acids is 2. The number of rotatable bonds is 70. The monoisotopic (exact) mass is 1140 g/mol. The minimum absolute atomic E-state index is 0.0149. The number of unbranched alkanes of at least 4 members (excludes halogenated alkanes) is 57. The van der Waals surface area contributed by atoms with Crippen molar-refractivity contribution >= 4 is 11.9 Å². The van der Waals surface area contributed by atoms with E-state index in [2.05, 4.69) is 31.3 Å². The fourth-order valence-corrected chi connectivity index (χ4v) is 11.8. The van der Waals surface area contributed by atoms with E-state index in [0.717, 1.165) is 44.9 Å². The van der Waals surface area contributed by atoms with Crippen LogP contribution in [0.1, 0.15) is 418 Å². The molecule has 6 nitrogen and oxygen atoms in total. The maximum Gasteiger partial charge on any atom is 0.305 e. The van der Waals surface area contributed by atoms with Gasteiger partial charge in [-0.25, -0.2) is 0 Å². The predicted molar refractivity (Wildman–Crippen MR) is 356 cm³/mol. The van der Waals surface area contributed by atoms with Gasteiger partial charge >= 0.3 is 5.97 Å². The highest BCUT2D eigenvalue weighted by atomic mass is 16.5. The third-order valence-electron chi connectivity index (χ3n) is 17.5. The Hall–Kier alpha value is -1.66. The number of ether oxygens (including phenoxy) is 1. The molecule has 81 heavy (non-hydrogen) atoms. The highest BCUT2D eigenvalue weighted by Gasteiger charge is 2.18. The lowest BCUT2D eigenvalue weighted by Gasteiger charge is -2.20. The molecule has 0 bridgehead atoms. The van der Waals surface area contributed by atoms with Crippen molar-refractivity contribution in [2.24, 2.45) is 0 Å². The van der Waals surface area contributed by atoms with Crippen molar-refractivity contribution in [2.45, 2.75) is 431 Å². The fourth-order valence-electron chi connectivity index (χ4n) is 11.8. The number of aliphatic hydroxyl groups excluding tert-OH is 2. The Kier molecular flexibility index (Phi) is 69.4. The summed E-state index contributed by atoms with van der Waals surface area (Å²) in [5.41, 5.74) is 0. The highest BCUT2D eigenvalue weighted by Crippen LogP contribution is 2.19. The molecule has 0 spiro atoms. The van der Waals surface area contributed by atoms with E-state index in [-0.39, 0.29) is 18.5 Å². The summed E-state index contributed by atoms with van der Waals surface area (Å²) < 4.78 is 5.51. The van der Waals surface area contributed by atoms with Crippen LogP contribution in [0.15, 0.2) is 24.3 Å². The minimum atomic E-state index is -0.850. The Labute approximate surface area is 507 Å². The number of esters is 1. The van der Waals surface area contributed by atoms with Crippen LogP contribution in [0, 0.1) is 0 Å². The van der Waals surface area contributed by atoms with Gasteiger partial charge in [-0.2, -0.15) is 0 Å². The van der Waals surface area contributed by atoms with Gasteiger partial charge in [0, 0.05) is 12.8 Å². The second-order valence-electron chi connectivity index (χ2n) is 25.6. The molecule has 0 rings (SSSR count). The first-order valence-corrected chi connectivity index (χ1v) is 37.1. The number of aliphatic hydroxyl groups is 2. The second-order valence-corrected chi connectivity index (χ2v) is 25.6. The van der Waals surface area contributed by atoms with Gasteiger partial charge in [0.25, 0.3) is 0 Å². The van der Waals surface area contributed by atoms with Crippen LogP contribution in [-0.2, 0) is 14.3 Å². The Balaban J connectivity index is 3.42. The summed E-state index contributed by atoms with van der Waals surface area (Å²) in [5.74, 6) is -0.0554. The lowest BCUT2D eigenvalue weighted by atomic mass is 10.0. The molecule has 2 atom stereocenters. The van der Waals surface area contributed by atoms with Gasteiger partial charge in [0.2, 0.25) is 5.91 Å². The van der Waals surface area contributed by atoms with Crippen molar-refractivity contribution < 1.29 is 24.5 Å². The summed E-state index contributed by atoms with van der Waals surface area (Å²) in [6.07, 6.45) is 89.8. The summed E-state index contributed by atoms with van der Waals surface area (Å²) in [7, 11) is 0. The smallest absolute Gasteiger partial charge is 0.305 e. The van der Waals surface area contributed by atoms with E-state index in [1.165, 1.54) is 347 Å². The van der Waals surface area contributed by atoms with Gasteiger partial charge in [0.05, 0.1) is 25.4 Å². The standard InChI is InChI=1S/C75H145NO5/c1-3-5-7-9-11-13-15-17-19-21-23-24-25-26-29-32-35-39-43-47-51-55-59-63-67-73(78)72(71-77)76-74(79)68-64-60-56-52-48-44-40-36-33-30-27-28-31-34-38-42-46-50-54-58-62-66-70-81-75(80)69-65-61-57-53-49-45-41-37-22-20-18-16-14-12-10-8-6-4-2/h30,33,63,67,72-73,77-78H,3-29,31-32,34-62,64-66,68-71H2,1-2H3,(H,76,79)/b33-30-,67-63+. The first-order chi connectivity index (χ1) is 40.0. The van der Waals surface area contributed by atoms with E-state index < -0.39 is 12.1 Å². The Morgan fingerprint density at radius 1 is 0.333 bits per heavy atom. The van der Waals surface area contributed by atoms with E-state index in [0.29, 0.717) is 19.4 Å². The quantitative estimate of drug-likeness (QED) is 0.0320. The topological polar surface area (TPSA) is 95.9 Å². The average Bonchev–Trinajstić information content (AvgIpc) is 3.47. The van der Waals surface area contributed by atoms with Gasteiger partial charge in [-0.3, -0.25) is 9.59 Å². The highest BCUT2D eigenvalue weighted by molar-refractivity contribution is 5.76. The molecule has 0 radical (unpaired) electrons. The summed E-state index contributed by atoms with van der Waals surface area (Å²) in [5, 5.41) is 23.3. The molecule has 0 heterocycles. The van der Waals surface area contributed by atoms with Crippen LogP contribution in [-0.4, -0.2) is 47.4 Å². The third-order valence-corrected chi connectivity index (χ3v) is 17.5. The number of hydrogen-bond donors (Lipinski definition) is 3. The van der Waals surface area contributed by atoms with Gasteiger partial charge in [-0.1, -0.05) is 372 Å². The zero-order valence-corrected chi connectivity index (χ0v) is 55.0. The molecule has 0 aliphatic rings. The van der Waals surface area contributed by atoms with Gasteiger partial charge in [-0.15, -0.1) is 0 Å². The van der Waals surface area contributed by atoms with Crippen LogP contribution < -0.4 is 5.32 Å². The van der Waals surface area contributed by atoms with Gasteiger partial charge < -0.3 is 20.3 Å². The molecule has 0 aromatic heterocycles. The van der Waals surface area contributed by atoms with Crippen molar-refractivity contribution in [3.05, 3.63) is 24.3 Å². The number of carbonyl (C=O) groups is 2. The lowest BCUT2D eigenvalue weighted by Crippen LogP contribution is -2.45. The normalized spacial score (nSPS) is 12.6. The summed E-state index contributed by atoms with van der Waals surface area (Å²) in [6, 6.07) is -0.634. The molecule has 0 saturated carbocycles. The van der Waals surface area contributed by atoms with Crippen molar-refractivity contribution in [1.29, 1.82) is 0 Å². The van der Waals surface area contributed by atoms with E-state index in [1.54, 1.807) is 6.08 Å². The van der Waals surface area contributed by atoms with Crippen molar-refractivity contribution in [2.75, 3.05) is 13.2 Å². The molecule has 1 amide bonds. The van der Waals surface area contributed by atoms with E-state index in [9.17, 15) is 19.8 Å². The summed E-state index contributed by atoms with van der Waals surface area (Å²) >= 11 is 0. The van der Waals surface area contributed by atoms with Crippen LogP contribution in [0.3, 0.4) is 0 Å². The SMILES string of the molecule is CCCCCCCCCCCCCCCCCCCCCCCC/C=C/C(O)C(CO)NC(=O)CCCCCCCCC/C=C\CCCCCCCCCCCCCOC(=O)CCCCCCCCCCCCCCCCCCCC. The van der Waals surface area contributed by atoms with Gasteiger partial charge in [0.1, 0.15) is 0 Å². The molecule has 0 saturated heterocycles. The Morgan fingerprint density at radius 2 is 0.580 bits per heavy atom. The number of nitrogens with one attached hydrogen (secondary N) is 1. The van der Waals surface area contributed by atoms with E-state index in [4.69, 9.17) is 4.74 Å². The molecule has 480 valence electrons. The van der Waals surface area contributed by atoms with Crippen molar-refractivity contribution in [3.8, 4) is 0 Å². The van der Waals surface area contributed by atoms with E-state index >= 15 is 0 Å². The number of hydrogen-bond acceptors (Lipinski definition) is 5. The van der Waals surface area contributed by atoms with Gasteiger partial charge in [0.15, 0.2) is 0 Å². The molecule has 0 aromatic rings. The molecule has 0 aliphatic heterocycles. The molecule has 3 N–H and O–H groups in total. The molecule has 0 aromatic carbocycles. The van der Waals surface area contributed by atoms with Crippen molar-refractivity contribution in [1.82, 2.24) is 5.32 Å². The maximum atomic E-state index is 12.5. The molecular formula is C75H145NO5. The third kappa shape index (κ3) is 67.3. The van der Waals surface area contributed by atoms with Crippen LogP contribution in [0.25, 0.3) is 0 Å². The zero-order chi connectivity index (χ0) is 58.5. The Bertz CT molecular complexity index is 1270. The van der Waals surface area contributed by atoms with Crippen LogP contribution in [0.4, 0.5) is 0 Å².